The van der Waals surface area contributed by atoms with Crippen molar-refractivity contribution in [3.63, 3.8) is 0 Å². The van der Waals surface area contributed by atoms with Crippen LogP contribution in [0.4, 0.5) is 5.82 Å². The second-order valence-corrected chi connectivity index (χ2v) is 5.65. The van der Waals surface area contributed by atoms with Crippen LogP contribution in [0.5, 0.6) is 0 Å². The number of imidazole rings is 1. The molecule has 3 rings (SSSR count). The van der Waals surface area contributed by atoms with Gasteiger partial charge >= 0.3 is 0 Å². The lowest BCUT2D eigenvalue weighted by Gasteiger charge is -2.36. The molecule has 0 saturated carbocycles. The molecule has 2 aromatic heterocycles. The van der Waals surface area contributed by atoms with Crippen LogP contribution < -0.4 is 4.90 Å². The second kappa shape index (κ2) is 6.22. The monoisotopic (exact) mass is 286 g/mol. The SMILES string of the molecule is CN(c1cccnn1)C1CCN(Cc2nccn2C)CC1. The van der Waals surface area contributed by atoms with E-state index in [1.807, 2.05) is 24.5 Å². The molecule has 21 heavy (non-hydrogen) atoms. The summed E-state index contributed by atoms with van der Waals surface area (Å²) in [5.74, 6) is 2.09. The summed E-state index contributed by atoms with van der Waals surface area (Å²) < 4.78 is 2.10. The maximum absolute atomic E-state index is 4.40. The second-order valence-electron chi connectivity index (χ2n) is 5.65. The summed E-state index contributed by atoms with van der Waals surface area (Å²) in [5.41, 5.74) is 0. The fraction of sp³-hybridized carbons (Fsp3) is 0.533. The van der Waals surface area contributed by atoms with E-state index in [9.17, 15) is 0 Å². The van der Waals surface area contributed by atoms with E-state index >= 15 is 0 Å². The van der Waals surface area contributed by atoms with Crippen LogP contribution in [-0.4, -0.2) is 50.8 Å². The van der Waals surface area contributed by atoms with E-state index in [0.717, 1.165) is 44.1 Å². The van der Waals surface area contributed by atoms with E-state index in [1.165, 1.54) is 0 Å². The van der Waals surface area contributed by atoms with Gasteiger partial charge in [0.25, 0.3) is 0 Å². The van der Waals surface area contributed by atoms with Crippen LogP contribution in [0, 0.1) is 0 Å². The van der Waals surface area contributed by atoms with Crippen molar-refractivity contribution in [2.24, 2.45) is 7.05 Å². The summed E-state index contributed by atoms with van der Waals surface area (Å²) in [6.45, 7) is 3.13. The van der Waals surface area contributed by atoms with E-state index in [4.69, 9.17) is 0 Å². The molecule has 1 aliphatic rings. The Bertz CT molecular complexity index is 559. The van der Waals surface area contributed by atoms with Gasteiger partial charge in [-0.2, -0.15) is 5.10 Å². The molecule has 0 aliphatic carbocycles. The lowest BCUT2D eigenvalue weighted by molar-refractivity contribution is 0.197. The molecule has 2 aromatic rings. The van der Waals surface area contributed by atoms with E-state index in [1.54, 1.807) is 6.20 Å². The standard InChI is InChI=1S/C15H22N6/c1-19-11-8-16-15(19)12-21-9-5-13(6-10-21)20(2)14-4-3-7-17-18-14/h3-4,7-8,11,13H,5-6,9-10,12H2,1-2H3. The molecular formula is C15H22N6. The molecule has 0 spiro atoms. The minimum atomic E-state index is 0.541. The zero-order valence-corrected chi connectivity index (χ0v) is 12.7. The third-order valence-electron chi connectivity index (χ3n) is 4.31. The maximum atomic E-state index is 4.40. The van der Waals surface area contributed by atoms with E-state index in [0.29, 0.717) is 6.04 Å². The summed E-state index contributed by atoms with van der Waals surface area (Å²) in [6.07, 6.45) is 7.88. The van der Waals surface area contributed by atoms with Gasteiger partial charge in [0, 0.05) is 51.8 Å². The zero-order valence-electron chi connectivity index (χ0n) is 12.7. The summed E-state index contributed by atoms with van der Waals surface area (Å²) in [5, 5.41) is 8.16. The summed E-state index contributed by atoms with van der Waals surface area (Å²) in [6, 6.07) is 4.50. The van der Waals surface area contributed by atoms with Crippen LogP contribution >= 0.6 is 0 Å². The van der Waals surface area contributed by atoms with Gasteiger partial charge in [0.1, 0.15) is 5.82 Å². The number of nitrogens with zero attached hydrogens (tertiary/aromatic N) is 6. The predicted molar refractivity (Wildman–Crippen MR) is 81.9 cm³/mol. The third kappa shape index (κ3) is 3.21. The Morgan fingerprint density at radius 2 is 2.10 bits per heavy atom. The largest absolute Gasteiger partial charge is 0.355 e. The average molecular weight is 286 g/mol. The maximum Gasteiger partial charge on any atom is 0.151 e. The molecule has 0 amide bonds. The first-order valence-electron chi connectivity index (χ1n) is 7.43. The Hall–Kier alpha value is -1.95. The lowest BCUT2D eigenvalue weighted by Crippen LogP contribution is -2.43. The van der Waals surface area contributed by atoms with Gasteiger partial charge in [-0.1, -0.05) is 0 Å². The number of rotatable bonds is 4. The number of piperidine rings is 1. The topological polar surface area (TPSA) is 50.1 Å². The van der Waals surface area contributed by atoms with Crippen molar-refractivity contribution < 1.29 is 0 Å². The first kappa shape index (κ1) is 14.0. The van der Waals surface area contributed by atoms with Crippen molar-refractivity contribution in [3.8, 4) is 0 Å². The highest BCUT2D eigenvalue weighted by molar-refractivity contribution is 5.36. The fourth-order valence-corrected chi connectivity index (χ4v) is 2.88. The molecule has 112 valence electrons. The third-order valence-corrected chi connectivity index (χ3v) is 4.31. The molecule has 3 heterocycles. The Morgan fingerprint density at radius 3 is 2.71 bits per heavy atom. The molecule has 6 heteroatoms. The first-order valence-corrected chi connectivity index (χ1v) is 7.43. The fourth-order valence-electron chi connectivity index (χ4n) is 2.88. The Kier molecular flexibility index (Phi) is 4.15. The van der Waals surface area contributed by atoms with Gasteiger partial charge in [-0.15, -0.1) is 5.10 Å². The highest BCUT2D eigenvalue weighted by Crippen LogP contribution is 2.20. The highest BCUT2D eigenvalue weighted by atomic mass is 15.3. The lowest BCUT2D eigenvalue weighted by atomic mass is 10.0. The van der Waals surface area contributed by atoms with Gasteiger partial charge in [-0.05, 0) is 25.0 Å². The number of hydrogen-bond acceptors (Lipinski definition) is 5. The molecule has 0 aromatic carbocycles. The van der Waals surface area contributed by atoms with E-state index < -0.39 is 0 Å². The van der Waals surface area contributed by atoms with Gasteiger partial charge in [-0.25, -0.2) is 4.98 Å². The van der Waals surface area contributed by atoms with Crippen LogP contribution in [0.1, 0.15) is 18.7 Å². The first-order chi connectivity index (χ1) is 10.2. The molecular weight excluding hydrogens is 264 g/mol. The molecule has 0 N–H and O–H groups in total. The molecule has 1 fully saturated rings. The van der Waals surface area contributed by atoms with Gasteiger partial charge in [0.2, 0.25) is 0 Å². The quantitative estimate of drug-likeness (QED) is 0.848. The van der Waals surface area contributed by atoms with Crippen molar-refractivity contribution in [3.05, 3.63) is 36.5 Å². The van der Waals surface area contributed by atoms with Crippen LogP contribution in [0.2, 0.25) is 0 Å². The van der Waals surface area contributed by atoms with Crippen LogP contribution in [0.3, 0.4) is 0 Å². The molecule has 0 bridgehead atoms. The van der Waals surface area contributed by atoms with Crippen LogP contribution in [0.15, 0.2) is 30.7 Å². The minimum Gasteiger partial charge on any atom is -0.355 e. The van der Waals surface area contributed by atoms with Crippen molar-refractivity contribution in [2.45, 2.75) is 25.4 Å². The summed E-state index contributed by atoms with van der Waals surface area (Å²) in [4.78, 5) is 9.13. The van der Waals surface area contributed by atoms with Crippen molar-refractivity contribution >= 4 is 5.82 Å². The van der Waals surface area contributed by atoms with E-state index in [2.05, 4.69) is 43.6 Å². The number of aromatic nitrogens is 4. The van der Waals surface area contributed by atoms with Gasteiger partial charge in [0.05, 0.1) is 6.54 Å². The van der Waals surface area contributed by atoms with Crippen LogP contribution in [-0.2, 0) is 13.6 Å². The predicted octanol–water partition coefficient (Wildman–Crippen LogP) is 1.31. The molecule has 6 nitrogen and oxygen atoms in total. The van der Waals surface area contributed by atoms with Crippen molar-refractivity contribution in [1.29, 1.82) is 0 Å². The number of aryl methyl sites for hydroxylation is 1. The Balaban J connectivity index is 1.54. The van der Waals surface area contributed by atoms with Crippen molar-refractivity contribution in [2.75, 3.05) is 25.0 Å². The Labute approximate surface area is 125 Å². The smallest absolute Gasteiger partial charge is 0.151 e. The molecule has 0 radical (unpaired) electrons. The summed E-state index contributed by atoms with van der Waals surface area (Å²) in [7, 11) is 4.17. The molecule has 0 atom stereocenters. The van der Waals surface area contributed by atoms with Gasteiger partial charge in [-0.3, -0.25) is 4.90 Å². The normalized spacial score (nSPS) is 17.0. The number of hydrogen-bond donors (Lipinski definition) is 0. The number of likely N-dealkylation sites (tertiary alicyclic amines) is 1. The Morgan fingerprint density at radius 1 is 1.29 bits per heavy atom. The molecule has 1 aliphatic heterocycles. The molecule has 0 unspecified atom stereocenters. The highest BCUT2D eigenvalue weighted by Gasteiger charge is 2.23. The van der Waals surface area contributed by atoms with Crippen LogP contribution in [0.25, 0.3) is 0 Å². The average Bonchev–Trinajstić information content (AvgIpc) is 2.93. The number of anilines is 1. The minimum absolute atomic E-state index is 0.541. The summed E-state index contributed by atoms with van der Waals surface area (Å²) >= 11 is 0. The van der Waals surface area contributed by atoms with E-state index in [-0.39, 0.29) is 0 Å². The van der Waals surface area contributed by atoms with Gasteiger partial charge < -0.3 is 9.47 Å². The molecule has 1 saturated heterocycles. The zero-order chi connectivity index (χ0) is 14.7. The van der Waals surface area contributed by atoms with Crippen molar-refractivity contribution in [1.82, 2.24) is 24.6 Å². The van der Waals surface area contributed by atoms with Gasteiger partial charge in [0.15, 0.2) is 5.82 Å².